The predicted octanol–water partition coefficient (Wildman–Crippen LogP) is 2.87. The minimum absolute atomic E-state index is 0.117. The molecule has 0 saturated heterocycles. The molecule has 2 aliphatic carbocycles. The fourth-order valence-electron chi connectivity index (χ4n) is 2.89. The molecule has 0 amide bonds. The van der Waals surface area contributed by atoms with Crippen LogP contribution in [0.1, 0.15) is 24.0 Å². The fraction of sp³-hybridized carbons (Fsp3) is 0.222. The van der Waals surface area contributed by atoms with E-state index in [1.807, 2.05) is 24.3 Å². The van der Waals surface area contributed by atoms with Gasteiger partial charge in [-0.3, -0.25) is 0 Å². The number of benzene rings is 1. The summed E-state index contributed by atoms with van der Waals surface area (Å²) < 4.78 is 0. The van der Waals surface area contributed by atoms with Gasteiger partial charge in [-0.1, -0.05) is 42.5 Å². The lowest BCUT2D eigenvalue weighted by Crippen LogP contribution is -2.27. The Morgan fingerprint density at radius 3 is 2.50 bits per heavy atom. The molecule has 2 atom stereocenters. The maximum absolute atomic E-state index is 10.2. The van der Waals surface area contributed by atoms with E-state index in [0.717, 1.165) is 11.1 Å². The second-order valence-electron chi connectivity index (χ2n) is 5.44. The molecular formula is C18H18O4. The summed E-state index contributed by atoms with van der Waals surface area (Å²) in [4.78, 5) is 0. The summed E-state index contributed by atoms with van der Waals surface area (Å²) in [5, 5.41) is 39.9. The van der Waals surface area contributed by atoms with Crippen molar-refractivity contribution in [3.63, 3.8) is 0 Å². The molecule has 0 bridgehead atoms. The highest BCUT2D eigenvalue weighted by Crippen LogP contribution is 2.36. The molecule has 0 aliphatic heterocycles. The van der Waals surface area contributed by atoms with Crippen LogP contribution in [-0.4, -0.2) is 32.6 Å². The first-order valence-corrected chi connectivity index (χ1v) is 7.25. The monoisotopic (exact) mass is 298 g/mol. The van der Waals surface area contributed by atoms with Gasteiger partial charge in [-0.25, -0.2) is 0 Å². The van der Waals surface area contributed by atoms with Crippen LogP contribution in [0.15, 0.2) is 60.1 Å². The Bertz CT molecular complexity index is 710. The lowest BCUT2D eigenvalue weighted by molar-refractivity contribution is 0.0859. The largest absolute Gasteiger partial charge is 0.504 e. The summed E-state index contributed by atoms with van der Waals surface area (Å²) in [7, 11) is 0. The van der Waals surface area contributed by atoms with Crippen molar-refractivity contribution in [1.82, 2.24) is 0 Å². The van der Waals surface area contributed by atoms with Gasteiger partial charge in [0.15, 0.2) is 11.5 Å². The van der Waals surface area contributed by atoms with E-state index in [0.29, 0.717) is 24.0 Å². The van der Waals surface area contributed by atoms with Crippen LogP contribution < -0.4 is 0 Å². The van der Waals surface area contributed by atoms with E-state index in [4.69, 9.17) is 0 Å². The summed E-state index contributed by atoms with van der Waals surface area (Å²) in [6.07, 6.45) is 5.86. The Labute approximate surface area is 128 Å². The van der Waals surface area contributed by atoms with Crippen molar-refractivity contribution in [2.75, 3.05) is 0 Å². The smallest absolute Gasteiger partial charge is 0.160 e. The van der Waals surface area contributed by atoms with Crippen molar-refractivity contribution >= 4 is 11.1 Å². The van der Waals surface area contributed by atoms with Crippen LogP contribution >= 0.6 is 0 Å². The third-order valence-electron chi connectivity index (χ3n) is 4.05. The van der Waals surface area contributed by atoms with Gasteiger partial charge in [0, 0.05) is 5.57 Å². The molecule has 0 saturated carbocycles. The first kappa shape index (κ1) is 14.6. The molecule has 0 spiro atoms. The molecule has 1 aromatic carbocycles. The van der Waals surface area contributed by atoms with Gasteiger partial charge in [-0.15, -0.1) is 0 Å². The van der Waals surface area contributed by atoms with E-state index in [-0.39, 0.29) is 11.5 Å². The van der Waals surface area contributed by atoms with Gasteiger partial charge < -0.3 is 20.4 Å². The Morgan fingerprint density at radius 2 is 1.73 bits per heavy atom. The fourth-order valence-corrected chi connectivity index (χ4v) is 2.89. The molecule has 4 heteroatoms. The lowest BCUT2D eigenvalue weighted by Gasteiger charge is -2.25. The van der Waals surface area contributed by atoms with E-state index >= 15 is 0 Å². The van der Waals surface area contributed by atoms with E-state index in [9.17, 15) is 20.4 Å². The average Bonchev–Trinajstić information content (AvgIpc) is 2.53. The number of hydrogen-bond acceptors (Lipinski definition) is 4. The van der Waals surface area contributed by atoms with Gasteiger partial charge in [0.25, 0.3) is 0 Å². The average molecular weight is 298 g/mol. The SMILES string of the molecule is OC1=CCCC(c2ccccc2C2=CC=C[C@@H](O)[C@H]2O)=C1O. The van der Waals surface area contributed by atoms with Crippen molar-refractivity contribution in [1.29, 1.82) is 0 Å². The number of aliphatic hydroxyl groups is 4. The van der Waals surface area contributed by atoms with Crippen molar-refractivity contribution in [2.24, 2.45) is 0 Å². The lowest BCUT2D eigenvalue weighted by atomic mass is 9.85. The highest BCUT2D eigenvalue weighted by atomic mass is 16.3. The second kappa shape index (κ2) is 5.83. The van der Waals surface area contributed by atoms with Gasteiger partial charge in [-0.05, 0) is 35.6 Å². The third kappa shape index (κ3) is 2.47. The van der Waals surface area contributed by atoms with Crippen LogP contribution in [0, 0.1) is 0 Å². The van der Waals surface area contributed by atoms with Gasteiger partial charge >= 0.3 is 0 Å². The highest BCUT2D eigenvalue weighted by molar-refractivity contribution is 5.84. The quantitative estimate of drug-likeness (QED) is 0.677. The number of rotatable bonds is 2. The molecule has 1 aromatic rings. The van der Waals surface area contributed by atoms with Crippen molar-refractivity contribution in [3.05, 3.63) is 71.2 Å². The van der Waals surface area contributed by atoms with Crippen molar-refractivity contribution in [2.45, 2.75) is 25.0 Å². The van der Waals surface area contributed by atoms with Crippen LogP contribution in [0.25, 0.3) is 11.1 Å². The zero-order chi connectivity index (χ0) is 15.7. The van der Waals surface area contributed by atoms with E-state index in [2.05, 4.69) is 0 Å². The highest BCUT2D eigenvalue weighted by Gasteiger charge is 2.26. The zero-order valence-corrected chi connectivity index (χ0v) is 12.0. The Balaban J connectivity index is 2.13. The summed E-state index contributed by atoms with van der Waals surface area (Å²) in [5.74, 6) is -0.241. The summed E-state index contributed by atoms with van der Waals surface area (Å²) >= 11 is 0. The summed E-state index contributed by atoms with van der Waals surface area (Å²) in [6, 6.07) is 7.37. The zero-order valence-electron chi connectivity index (χ0n) is 12.0. The molecule has 0 heterocycles. The van der Waals surface area contributed by atoms with Gasteiger partial charge in [0.1, 0.15) is 12.2 Å². The number of aliphatic hydroxyl groups excluding tert-OH is 4. The molecule has 0 radical (unpaired) electrons. The van der Waals surface area contributed by atoms with E-state index < -0.39 is 12.2 Å². The molecule has 0 unspecified atom stereocenters. The van der Waals surface area contributed by atoms with Crippen LogP contribution in [0.4, 0.5) is 0 Å². The molecule has 4 nitrogen and oxygen atoms in total. The summed E-state index contributed by atoms with van der Waals surface area (Å²) in [5.41, 5.74) is 2.75. The first-order valence-electron chi connectivity index (χ1n) is 7.25. The normalized spacial score (nSPS) is 25.0. The molecule has 114 valence electrons. The molecule has 2 aliphatic rings. The maximum atomic E-state index is 10.2. The van der Waals surface area contributed by atoms with Crippen LogP contribution in [0.5, 0.6) is 0 Å². The van der Waals surface area contributed by atoms with Crippen molar-refractivity contribution in [3.8, 4) is 0 Å². The molecule has 0 fully saturated rings. The minimum atomic E-state index is -1.01. The Kier molecular flexibility index (Phi) is 3.88. The number of hydrogen-bond donors (Lipinski definition) is 4. The third-order valence-corrected chi connectivity index (χ3v) is 4.05. The summed E-state index contributed by atoms with van der Waals surface area (Å²) in [6.45, 7) is 0. The number of allylic oxidation sites excluding steroid dienone is 4. The standard InChI is InChI=1S/C18H18O4/c19-15-9-3-7-13(17(15)21)11-5-1-2-6-12(11)14-8-4-10-16(20)18(14)22/h1-3,5-7,9-10,15,17,19-22H,4,8H2/t15-,17+/m1/s1. The molecular weight excluding hydrogens is 280 g/mol. The van der Waals surface area contributed by atoms with E-state index in [1.165, 1.54) is 6.08 Å². The molecule has 4 N–H and O–H groups in total. The van der Waals surface area contributed by atoms with Gasteiger partial charge in [0.2, 0.25) is 0 Å². The first-order chi connectivity index (χ1) is 10.6. The minimum Gasteiger partial charge on any atom is -0.504 e. The maximum Gasteiger partial charge on any atom is 0.160 e. The van der Waals surface area contributed by atoms with Crippen LogP contribution in [0.3, 0.4) is 0 Å². The van der Waals surface area contributed by atoms with Crippen LogP contribution in [0.2, 0.25) is 0 Å². The second-order valence-corrected chi connectivity index (χ2v) is 5.44. The Morgan fingerprint density at radius 1 is 1.00 bits per heavy atom. The van der Waals surface area contributed by atoms with Gasteiger partial charge in [-0.2, -0.15) is 0 Å². The van der Waals surface area contributed by atoms with Crippen molar-refractivity contribution < 1.29 is 20.4 Å². The molecule has 22 heavy (non-hydrogen) atoms. The topological polar surface area (TPSA) is 80.9 Å². The Hall–Kier alpha value is -2.30. The van der Waals surface area contributed by atoms with E-state index in [1.54, 1.807) is 18.2 Å². The molecule has 3 rings (SSSR count). The molecule has 0 aromatic heterocycles. The predicted molar refractivity (Wildman–Crippen MR) is 85.1 cm³/mol. The van der Waals surface area contributed by atoms with Gasteiger partial charge in [0.05, 0.1) is 0 Å². The van der Waals surface area contributed by atoms with Crippen LogP contribution in [-0.2, 0) is 0 Å².